The van der Waals surface area contributed by atoms with E-state index in [9.17, 15) is 4.79 Å². The van der Waals surface area contributed by atoms with Gasteiger partial charge in [-0.25, -0.2) is 4.98 Å². The monoisotopic (exact) mass is 262 g/mol. The lowest BCUT2D eigenvalue weighted by molar-refractivity contribution is -0.118. The summed E-state index contributed by atoms with van der Waals surface area (Å²) in [7, 11) is 0. The highest BCUT2D eigenvalue weighted by atomic mass is 32.1. The van der Waals surface area contributed by atoms with Crippen LogP contribution in [0.3, 0.4) is 0 Å². The van der Waals surface area contributed by atoms with Crippen molar-refractivity contribution >= 4 is 40.1 Å². The number of fused-ring (bicyclic) bond motifs is 1. The Balaban J connectivity index is 2.18. The predicted molar refractivity (Wildman–Crippen MR) is 75.3 cm³/mol. The molecule has 1 heterocycles. The van der Waals surface area contributed by atoms with E-state index in [4.69, 9.17) is 18.0 Å². The average molecular weight is 262 g/mol. The van der Waals surface area contributed by atoms with Gasteiger partial charge >= 0.3 is 0 Å². The van der Waals surface area contributed by atoms with Crippen molar-refractivity contribution in [3.8, 4) is 0 Å². The van der Waals surface area contributed by atoms with Gasteiger partial charge in [0.2, 0.25) is 11.9 Å². The summed E-state index contributed by atoms with van der Waals surface area (Å²) in [6.07, 6.45) is 0.571. The quantitative estimate of drug-likeness (QED) is 0.734. The lowest BCUT2D eigenvalue weighted by Gasteiger charge is -2.11. The molecule has 1 aromatic carbocycles. The average Bonchev–Trinajstić information content (AvgIpc) is 2.71. The molecule has 5 nitrogen and oxygen atoms in total. The summed E-state index contributed by atoms with van der Waals surface area (Å²) in [5.41, 5.74) is 7.19. The molecule has 0 bridgehead atoms. The first-order chi connectivity index (χ1) is 8.61. The van der Waals surface area contributed by atoms with E-state index >= 15 is 0 Å². The van der Waals surface area contributed by atoms with E-state index in [1.165, 1.54) is 0 Å². The number of thiocarbonyl (C=S) groups is 1. The first kappa shape index (κ1) is 12.5. The highest BCUT2D eigenvalue weighted by Gasteiger charge is 2.20. The zero-order valence-corrected chi connectivity index (χ0v) is 10.8. The third-order valence-electron chi connectivity index (χ3n) is 2.70. The van der Waals surface area contributed by atoms with Gasteiger partial charge in [0, 0.05) is 0 Å². The van der Waals surface area contributed by atoms with Crippen molar-refractivity contribution in [1.82, 2.24) is 9.97 Å². The minimum absolute atomic E-state index is 0.200. The fourth-order valence-electron chi connectivity index (χ4n) is 1.73. The zero-order chi connectivity index (χ0) is 13.1. The van der Waals surface area contributed by atoms with Crippen molar-refractivity contribution in [2.24, 2.45) is 11.7 Å². The van der Waals surface area contributed by atoms with Gasteiger partial charge in [-0.15, -0.1) is 0 Å². The number of anilines is 1. The van der Waals surface area contributed by atoms with Crippen molar-refractivity contribution in [3.63, 3.8) is 0 Å². The largest absolute Gasteiger partial charge is 0.393 e. The number of rotatable bonds is 4. The topological polar surface area (TPSA) is 83.8 Å². The second kappa shape index (κ2) is 5.14. The molecule has 0 saturated carbocycles. The summed E-state index contributed by atoms with van der Waals surface area (Å²) in [6.45, 7) is 1.86. The van der Waals surface area contributed by atoms with Crippen LogP contribution in [0.5, 0.6) is 0 Å². The van der Waals surface area contributed by atoms with E-state index in [0.717, 1.165) is 11.0 Å². The number of aromatic nitrogens is 2. The molecule has 2 rings (SSSR count). The van der Waals surface area contributed by atoms with E-state index in [1.54, 1.807) is 0 Å². The Hall–Kier alpha value is -1.95. The Bertz CT molecular complexity index is 560. The second-order valence-electron chi connectivity index (χ2n) is 3.96. The predicted octanol–water partition coefficient (Wildman–Crippen LogP) is 1.81. The third-order valence-corrected chi connectivity index (χ3v) is 2.98. The normalized spacial score (nSPS) is 12.3. The van der Waals surface area contributed by atoms with E-state index in [-0.39, 0.29) is 10.9 Å². The first-order valence-electron chi connectivity index (χ1n) is 5.66. The number of benzene rings is 1. The van der Waals surface area contributed by atoms with Crippen LogP contribution in [-0.2, 0) is 4.79 Å². The molecule has 0 radical (unpaired) electrons. The molecule has 18 heavy (non-hydrogen) atoms. The molecule has 1 aromatic heterocycles. The molecule has 94 valence electrons. The number of nitrogens with one attached hydrogen (secondary N) is 2. The Morgan fingerprint density at radius 2 is 2.28 bits per heavy atom. The molecule has 1 unspecified atom stereocenters. The van der Waals surface area contributed by atoms with Gasteiger partial charge in [0.05, 0.1) is 21.9 Å². The van der Waals surface area contributed by atoms with Crippen LogP contribution in [0.1, 0.15) is 13.3 Å². The smallest absolute Gasteiger partial charge is 0.236 e. The molecule has 0 aliphatic carbocycles. The summed E-state index contributed by atoms with van der Waals surface area (Å²) >= 11 is 4.86. The molecule has 0 saturated heterocycles. The van der Waals surface area contributed by atoms with Crippen LogP contribution in [0.2, 0.25) is 0 Å². The Morgan fingerprint density at radius 3 is 2.89 bits per heavy atom. The number of hydrogen-bond donors (Lipinski definition) is 3. The number of hydrogen-bond acceptors (Lipinski definition) is 3. The van der Waals surface area contributed by atoms with Crippen LogP contribution in [0.4, 0.5) is 5.95 Å². The number of carbonyl (C=O) groups is 1. The third kappa shape index (κ3) is 2.48. The number of amides is 1. The van der Waals surface area contributed by atoms with Gasteiger partial charge in [0.1, 0.15) is 0 Å². The molecular weight excluding hydrogens is 248 g/mol. The maximum absolute atomic E-state index is 11.9. The van der Waals surface area contributed by atoms with Crippen molar-refractivity contribution in [2.45, 2.75) is 13.3 Å². The van der Waals surface area contributed by atoms with Crippen LogP contribution in [-0.4, -0.2) is 20.9 Å². The Labute approximate surface area is 110 Å². The molecule has 1 atom stereocenters. The van der Waals surface area contributed by atoms with Crippen molar-refractivity contribution in [3.05, 3.63) is 24.3 Å². The molecule has 0 fully saturated rings. The zero-order valence-electron chi connectivity index (χ0n) is 9.93. The van der Waals surface area contributed by atoms with Gasteiger partial charge in [0.25, 0.3) is 0 Å². The van der Waals surface area contributed by atoms with Crippen LogP contribution >= 0.6 is 12.2 Å². The second-order valence-corrected chi connectivity index (χ2v) is 4.43. The van der Waals surface area contributed by atoms with Gasteiger partial charge < -0.3 is 10.7 Å². The molecule has 1 amide bonds. The molecule has 2 aromatic rings. The highest BCUT2D eigenvalue weighted by Crippen LogP contribution is 2.14. The van der Waals surface area contributed by atoms with Crippen LogP contribution < -0.4 is 11.1 Å². The molecule has 0 aliphatic rings. The van der Waals surface area contributed by atoms with Gasteiger partial charge in [-0.05, 0) is 18.6 Å². The number of carbonyl (C=O) groups excluding carboxylic acids is 1. The van der Waals surface area contributed by atoms with Gasteiger partial charge in [-0.2, -0.15) is 0 Å². The van der Waals surface area contributed by atoms with Gasteiger partial charge in [-0.3, -0.25) is 10.1 Å². The molecule has 0 aliphatic heterocycles. The molecule has 6 heteroatoms. The summed E-state index contributed by atoms with van der Waals surface area (Å²) in [6, 6.07) is 7.55. The van der Waals surface area contributed by atoms with Crippen LogP contribution in [0, 0.1) is 5.92 Å². The summed E-state index contributed by atoms with van der Waals surface area (Å²) < 4.78 is 0. The lowest BCUT2D eigenvalue weighted by atomic mass is 10.1. The summed E-state index contributed by atoms with van der Waals surface area (Å²) in [5.74, 6) is -0.284. The van der Waals surface area contributed by atoms with Crippen LogP contribution in [0.15, 0.2) is 24.3 Å². The lowest BCUT2D eigenvalue weighted by Crippen LogP contribution is -2.32. The van der Waals surface area contributed by atoms with E-state index in [1.807, 2.05) is 31.2 Å². The number of para-hydroxylation sites is 2. The van der Waals surface area contributed by atoms with E-state index in [2.05, 4.69) is 15.3 Å². The van der Waals surface area contributed by atoms with Gasteiger partial charge in [-0.1, -0.05) is 31.3 Å². The number of aromatic amines is 1. The number of nitrogens with two attached hydrogens (primary N) is 1. The summed E-state index contributed by atoms with van der Waals surface area (Å²) in [5, 5.41) is 2.69. The molecule has 0 spiro atoms. The van der Waals surface area contributed by atoms with Crippen molar-refractivity contribution < 1.29 is 4.79 Å². The van der Waals surface area contributed by atoms with E-state index < -0.39 is 5.92 Å². The van der Waals surface area contributed by atoms with Gasteiger partial charge in [0.15, 0.2) is 0 Å². The highest BCUT2D eigenvalue weighted by molar-refractivity contribution is 7.80. The van der Waals surface area contributed by atoms with Crippen LogP contribution in [0.25, 0.3) is 11.0 Å². The maximum Gasteiger partial charge on any atom is 0.236 e. The molecular formula is C12H14N4OS. The fraction of sp³-hybridized carbons (Fsp3) is 0.250. The number of imidazole rings is 1. The Kier molecular flexibility index (Phi) is 3.57. The van der Waals surface area contributed by atoms with E-state index in [0.29, 0.717) is 12.4 Å². The van der Waals surface area contributed by atoms with Crippen molar-refractivity contribution in [2.75, 3.05) is 5.32 Å². The maximum atomic E-state index is 11.9. The SMILES string of the molecule is CCC(C(=O)Nc1nc2ccccc2[nH]1)C(N)=S. The number of nitrogens with zero attached hydrogens (tertiary/aromatic N) is 1. The van der Waals surface area contributed by atoms with Crippen molar-refractivity contribution in [1.29, 1.82) is 0 Å². The Morgan fingerprint density at radius 1 is 1.56 bits per heavy atom. The molecule has 4 N–H and O–H groups in total. The minimum atomic E-state index is -0.465. The first-order valence-corrected chi connectivity index (χ1v) is 6.07. The number of H-pyrrole nitrogens is 1. The fourth-order valence-corrected chi connectivity index (χ4v) is 2.01. The standard InChI is InChI=1S/C12H14N4OS/c1-2-7(10(13)18)11(17)16-12-14-8-5-3-4-6-9(8)15-12/h3-7H,2H2,1H3,(H2,13,18)(H2,14,15,16,17). The summed E-state index contributed by atoms with van der Waals surface area (Å²) in [4.78, 5) is 19.4. The minimum Gasteiger partial charge on any atom is -0.393 e.